The lowest BCUT2D eigenvalue weighted by atomic mass is 9.86. The number of fused-ring (bicyclic) bond motifs is 6. The van der Waals surface area contributed by atoms with E-state index in [1.165, 1.54) is 13.3 Å². The van der Waals surface area contributed by atoms with Crippen molar-refractivity contribution in [2.75, 3.05) is 7.11 Å². The number of nitrogens with zero attached hydrogens (tertiary/aromatic N) is 1. The Labute approximate surface area is 152 Å². The van der Waals surface area contributed by atoms with Gasteiger partial charge in [-0.3, -0.25) is 14.6 Å². The lowest BCUT2D eigenvalue weighted by Gasteiger charge is -2.15. The molecule has 0 saturated carbocycles. The molecular formula is C20H10ClNO4. The van der Waals surface area contributed by atoms with Crippen molar-refractivity contribution >= 4 is 45.0 Å². The van der Waals surface area contributed by atoms with Gasteiger partial charge >= 0.3 is 0 Å². The van der Waals surface area contributed by atoms with Crippen molar-refractivity contribution in [3.63, 3.8) is 0 Å². The van der Waals surface area contributed by atoms with Gasteiger partial charge in [0.2, 0.25) is 5.78 Å². The van der Waals surface area contributed by atoms with Crippen LogP contribution in [0, 0.1) is 0 Å². The van der Waals surface area contributed by atoms with Crippen molar-refractivity contribution < 1.29 is 18.7 Å². The lowest BCUT2D eigenvalue weighted by Crippen LogP contribution is -2.20. The molecule has 0 N–H and O–H groups in total. The highest BCUT2D eigenvalue weighted by atomic mass is 35.5. The maximum atomic E-state index is 13.1. The third-order valence-electron chi connectivity index (χ3n) is 4.63. The van der Waals surface area contributed by atoms with Crippen LogP contribution < -0.4 is 4.74 Å². The van der Waals surface area contributed by atoms with Gasteiger partial charge in [-0.15, -0.1) is 0 Å². The van der Waals surface area contributed by atoms with E-state index in [9.17, 15) is 9.59 Å². The second-order valence-electron chi connectivity index (χ2n) is 6.03. The number of carbonyl (C=O) groups is 2. The zero-order chi connectivity index (χ0) is 18.0. The molecule has 0 fully saturated rings. The summed E-state index contributed by atoms with van der Waals surface area (Å²) in [7, 11) is 1.54. The van der Waals surface area contributed by atoms with Crippen molar-refractivity contribution in [2.24, 2.45) is 0 Å². The topological polar surface area (TPSA) is 69.4 Å². The van der Waals surface area contributed by atoms with Crippen LogP contribution in [-0.2, 0) is 0 Å². The molecule has 0 unspecified atom stereocenters. The summed E-state index contributed by atoms with van der Waals surface area (Å²) in [4.78, 5) is 30.6. The molecule has 0 spiro atoms. The molecule has 6 heteroatoms. The van der Waals surface area contributed by atoms with Crippen LogP contribution >= 0.6 is 11.6 Å². The highest BCUT2D eigenvalue weighted by molar-refractivity contribution is 6.35. The molecule has 0 radical (unpaired) electrons. The average Bonchev–Trinajstić information content (AvgIpc) is 3.04. The number of ketones is 2. The summed E-state index contributed by atoms with van der Waals surface area (Å²) in [5, 5.41) is 1.64. The first-order valence-corrected chi connectivity index (χ1v) is 8.24. The number of hydrogen-bond acceptors (Lipinski definition) is 5. The number of benzene rings is 2. The molecule has 5 nitrogen and oxygen atoms in total. The van der Waals surface area contributed by atoms with Gasteiger partial charge in [-0.05, 0) is 30.3 Å². The van der Waals surface area contributed by atoms with Crippen LogP contribution in [0.25, 0.3) is 21.9 Å². The van der Waals surface area contributed by atoms with E-state index in [1.54, 1.807) is 36.4 Å². The number of ether oxygens (including phenoxy) is 1. The lowest BCUT2D eigenvalue weighted by molar-refractivity contribution is 0.0963. The minimum Gasteiger partial charge on any atom is -0.497 e. The van der Waals surface area contributed by atoms with E-state index in [4.69, 9.17) is 20.8 Å². The van der Waals surface area contributed by atoms with Crippen LogP contribution in [0.1, 0.15) is 32.0 Å². The predicted octanol–water partition coefficient (Wildman–Crippen LogP) is 4.42. The first-order chi connectivity index (χ1) is 12.6. The van der Waals surface area contributed by atoms with E-state index in [0.717, 1.165) is 0 Å². The number of furan rings is 1. The highest BCUT2D eigenvalue weighted by Crippen LogP contribution is 2.38. The van der Waals surface area contributed by atoms with Crippen molar-refractivity contribution in [3.05, 3.63) is 70.1 Å². The summed E-state index contributed by atoms with van der Waals surface area (Å²) in [5.74, 6) is 0.0112. The second kappa shape index (κ2) is 5.16. The number of rotatable bonds is 1. The Morgan fingerprint density at radius 1 is 1.00 bits per heavy atom. The molecule has 1 aliphatic rings. The summed E-state index contributed by atoms with van der Waals surface area (Å²) < 4.78 is 11.0. The molecule has 26 heavy (non-hydrogen) atoms. The number of pyridine rings is 1. The number of carbonyl (C=O) groups excluding carboxylic acids is 2. The summed E-state index contributed by atoms with van der Waals surface area (Å²) in [6.45, 7) is 0. The van der Waals surface area contributed by atoms with Gasteiger partial charge in [-0.2, -0.15) is 0 Å². The van der Waals surface area contributed by atoms with E-state index in [1.807, 2.05) is 0 Å². The van der Waals surface area contributed by atoms with Crippen LogP contribution in [0.2, 0.25) is 5.02 Å². The zero-order valence-electron chi connectivity index (χ0n) is 13.5. The van der Waals surface area contributed by atoms with Crippen molar-refractivity contribution in [3.8, 4) is 5.75 Å². The molecule has 1 aliphatic carbocycles. The Morgan fingerprint density at radius 3 is 2.65 bits per heavy atom. The van der Waals surface area contributed by atoms with Gasteiger partial charge in [0.15, 0.2) is 11.5 Å². The maximum Gasteiger partial charge on any atom is 0.230 e. The summed E-state index contributed by atoms with van der Waals surface area (Å²) >= 11 is 6.01. The first-order valence-electron chi connectivity index (χ1n) is 7.86. The van der Waals surface area contributed by atoms with E-state index in [2.05, 4.69) is 4.98 Å². The van der Waals surface area contributed by atoms with Gasteiger partial charge in [0.1, 0.15) is 11.3 Å². The number of aromatic nitrogens is 1. The number of methoxy groups -OCH3 is 1. The fraction of sp³-hybridized carbons (Fsp3) is 0.0500. The Morgan fingerprint density at radius 2 is 1.85 bits per heavy atom. The second-order valence-corrected chi connectivity index (χ2v) is 6.47. The summed E-state index contributed by atoms with van der Waals surface area (Å²) in [5.41, 5.74) is 1.84. The fourth-order valence-electron chi connectivity index (χ4n) is 3.42. The van der Waals surface area contributed by atoms with Crippen molar-refractivity contribution in [1.82, 2.24) is 4.98 Å². The highest BCUT2D eigenvalue weighted by Gasteiger charge is 2.36. The van der Waals surface area contributed by atoms with E-state index < -0.39 is 0 Å². The molecule has 0 amide bonds. The SMILES string of the molecule is COc1ccc2oc3c(c2c1)C(=O)c1cnc2cc(Cl)ccc2c1C3=O. The summed E-state index contributed by atoms with van der Waals surface area (Å²) in [6, 6.07) is 10.1. The molecule has 2 aromatic heterocycles. The molecular weight excluding hydrogens is 354 g/mol. The van der Waals surface area contributed by atoms with E-state index in [0.29, 0.717) is 38.2 Å². The minimum absolute atomic E-state index is 0.0493. The Kier molecular flexibility index (Phi) is 3.00. The number of halogens is 1. The van der Waals surface area contributed by atoms with Crippen molar-refractivity contribution in [2.45, 2.75) is 0 Å². The molecule has 2 aromatic carbocycles. The molecule has 0 atom stereocenters. The van der Waals surface area contributed by atoms with Gasteiger partial charge in [0.05, 0.1) is 23.8 Å². The molecule has 5 rings (SSSR count). The van der Waals surface area contributed by atoms with Crippen LogP contribution in [0.5, 0.6) is 5.75 Å². The molecule has 0 bridgehead atoms. The zero-order valence-corrected chi connectivity index (χ0v) is 14.3. The molecule has 126 valence electrons. The molecule has 4 aromatic rings. The minimum atomic E-state index is -0.334. The van der Waals surface area contributed by atoms with Gasteiger partial charge < -0.3 is 9.15 Å². The third kappa shape index (κ3) is 1.89. The number of hydrogen-bond donors (Lipinski definition) is 0. The molecule has 0 aliphatic heterocycles. The van der Waals surface area contributed by atoms with Gasteiger partial charge in [0.25, 0.3) is 0 Å². The maximum absolute atomic E-state index is 13.1. The van der Waals surface area contributed by atoms with Crippen LogP contribution in [0.15, 0.2) is 47.0 Å². The fourth-order valence-corrected chi connectivity index (χ4v) is 3.59. The smallest absolute Gasteiger partial charge is 0.230 e. The monoisotopic (exact) mass is 363 g/mol. The first kappa shape index (κ1) is 15.1. The largest absolute Gasteiger partial charge is 0.497 e. The van der Waals surface area contributed by atoms with Gasteiger partial charge in [-0.25, -0.2) is 0 Å². The average molecular weight is 364 g/mol. The van der Waals surface area contributed by atoms with Crippen molar-refractivity contribution in [1.29, 1.82) is 0 Å². The van der Waals surface area contributed by atoms with Crippen LogP contribution in [0.3, 0.4) is 0 Å². The van der Waals surface area contributed by atoms with Gasteiger partial charge in [-0.1, -0.05) is 17.7 Å². The third-order valence-corrected chi connectivity index (χ3v) is 4.87. The Bertz CT molecular complexity index is 1270. The van der Waals surface area contributed by atoms with E-state index >= 15 is 0 Å². The van der Waals surface area contributed by atoms with E-state index in [-0.39, 0.29) is 28.5 Å². The van der Waals surface area contributed by atoms with Crippen LogP contribution in [0.4, 0.5) is 0 Å². The van der Waals surface area contributed by atoms with Gasteiger partial charge in [0, 0.05) is 27.6 Å². The quantitative estimate of drug-likeness (QED) is 0.441. The Balaban J connectivity index is 1.85. The normalized spacial score (nSPS) is 13.2. The molecule has 0 saturated heterocycles. The standard InChI is InChI=1S/C20H10ClNO4/c1-25-10-3-5-15-12(7-10)17-18(23)13-8-22-14-6-9(21)2-4-11(14)16(13)19(24)20(17)26-15/h2-8H,1H3. The predicted molar refractivity (Wildman–Crippen MR) is 96.4 cm³/mol. The Hall–Kier alpha value is -3.18. The summed E-state index contributed by atoms with van der Waals surface area (Å²) in [6.07, 6.45) is 1.43. The van der Waals surface area contributed by atoms with Crippen LogP contribution in [-0.4, -0.2) is 23.7 Å². The molecule has 2 heterocycles.